The molecule has 0 atom stereocenters. The zero-order chi connectivity index (χ0) is 22.6. The van der Waals surface area contributed by atoms with Crippen LogP contribution in [0.1, 0.15) is 42.4 Å². The van der Waals surface area contributed by atoms with E-state index in [1.54, 1.807) is 6.07 Å². The Labute approximate surface area is 176 Å². The lowest BCUT2D eigenvalue weighted by Crippen LogP contribution is -2.11. The topological polar surface area (TPSA) is 43.4 Å². The second-order valence-corrected chi connectivity index (χ2v) is 9.97. The second kappa shape index (κ2) is 7.32. The van der Waals surface area contributed by atoms with Crippen LogP contribution < -0.4 is 4.74 Å². The maximum atomic E-state index is 13.5. The van der Waals surface area contributed by atoms with Crippen LogP contribution in [0.2, 0.25) is 0 Å². The van der Waals surface area contributed by atoms with Crippen molar-refractivity contribution in [1.29, 1.82) is 0 Å². The average molecular weight is 458 g/mol. The summed E-state index contributed by atoms with van der Waals surface area (Å²) in [7, 11) is -3.53. The number of hydrogen-bond donors (Lipinski definition) is 0. The summed E-state index contributed by atoms with van der Waals surface area (Å²) in [5.41, 5.74) is 1.77. The number of sulfone groups is 1. The number of allylic oxidation sites excluding steroid dienone is 2. The third-order valence-corrected chi connectivity index (χ3v) is 7.44. The van der Waals surface area contributed by atoms with Crippen LogP contribution >= 0.6 is 0 Å². The van der Waals surface area contributed by atoms with E-state index in [2.05, 4.69) is 0 Å². The van der Waals surface area contributed by atoms with Crippen LogP contribution in [0.15, 0.2) is 47.4 Å². The largest absolute Gasteiger partial charge is 0.496 e. The van der Waals surface area contributed by atoms with E-state index < -0.39 is 32.2 Å². The third-order valence-electron chi connectivity index (χ3n) is 6.04. The van der Waals surface area contributed by atoms with Gasteiger partial charge in [-0.3, -0.25) is 0 Å². The van der Waals surface area contributed by atoms with E-state index in [0.717, 1.165) is 42.2 Å². The molecule has 2 aromatic rings. The quantitative estimate of drug-likeness (QED) is 0.502. The minimum Gasteiger partial charge on any atom is -0.496 e. The number of benzene rings is 2. The number of methoxy groups -OCH3 is 1. The molecule has 3 nitrogen and oxygen atoms in total. The second-order valence-electron chi connectivity index (χ2n) is 8.05. The first-order valence-corrected chi connectivity index (χ1v) is 11.1. The van der Waals surface area contributed by atoms with E-state index in [9.17, 15) is 30.4 Å². The summed E-state index contributed by atoms with van der Waals surface area (Å²) < 4.78 is 94.3. The van der Waals surface area contributed by atoms with Crippen molar-refractivity contribution in [3.63, 3.8) is 0 Å². The molecular weight excluding hydrogens is 439 g/mol. The summed E-state index contributed by atoms with van der Waals surface area (Å²) in [6, 6.07) is 9.08. The standard InChI is InChI=1S/C22H19F5O3S/c1-30-19-7-4-14(10-18(19)22(25,26)27)17-12-21(8-9-21)11-16(17)13-2-5-15(6-3-13)31(28,29)20(23)24/h2-7,10,20H,8-9,11-12H2,1H3. The van der Waals surface area contributed by atoms with Gasteiger partial charge in [-0.2, -0.15) is 22.0 Å². The molecule has 9 heteroatoms. The van der Waals surface area contributed by atoms with Gasteiger partial charge in [0.25, 0.3) is 0 Å². The molecule has 0 bridgehead atoms. The lowest BCUT2D eigenvalue weighted by atomic mass is 9.95. The van der Waals surface area contributed by atoms with Gasteiger partial charge in [0.1, 0.15) is 5.75 Å². The predicted octanol–water partition coefficient (Wildman–Crippen LogP) is 6.20. The molecule has 1 fully saturated rings. The average Bonchev–Trinajstić information content (AvgIpc) is 3.37. The minimum absolute atomic E-state index is 0.0106. The molecule has 0 radical (unpaired) electrons. The van der Waals surface area contributed by atoms with E-state index in [-0.39, 0.29) is 11.2 Å². The van der Waals surface area contributed by atoms with E-state index in [1.807, 2.05) is 0 Å². The fourth-order valence-electron chi connectivity index (χ4n) is 4.17. The van der Waals surface area contributed by atoms with Crippen LogP contribution in [0.25, 0.3) is 11.1 Å². The van der Waals surface area contributed by atoms with Crippen LogP contribution in [-0.2, 0) is 16.0 Å². The molecule has 1 spiro atoms. The summed E-state index contributed by atoms with van der Waals surface area (Å²) >= 11 is 0. The van der Waals surface area contributed by atoms with Crippen LogP contribution in [0.5, 0.6) is 5.75 Å². The number of alkyl halides is 5. The fraction of sp³-hybridized carbons (Fsp3) is 0.364. The molecule has 0 saturated heterocycles. The monoisotopic (exact) mass is 458 g/mol. The molecule has 166 valence electrons. The predicted molar refractivity (Wildman–Crippen MR) is 105 cm³/mol. The van der Waals surface area contributed by atoms with Crippen molar-refractivity contribution in [2.75, 3.05) is 7.11 Å². The van der Waals surface area contributed by atoms with E-state index in [1.165, 1.54) is 25.3 Å². The van der Waals surface area contributed by atoms with E-state index in [4.69, 9.17) is 4.74 Å². The van der Waals surface area contributed by atoms with Gasteiger partial charge >= 0.3 is 11.9 Å². The lowest BCUT2D eigenvalue weighted by Gasteiger charge is -2.15. The number of rotatable bonds is 5. The summed E-state index contributed by atoms with van der Waals surface area (Å²) in [4.78, 5) is -0.490. The molecule has 2 aromatic carbocycles. The van der Waals surface area contributed by atoms with Crippen LogP contribution in [0, 0.1) is 5.41 Å². The van der Waals surface area contributed by atoms with Gasteiger partial charge in [-0.25, -0.2) is 8.42 Å². The van der Waals surface area contributed by atoms with Gasteiger partial charge in [-0.15, -0.1) is 0 Å². The van der Waals surface area contributed by atoms with Crippen molar-refractivity contribution in [3.8, 4) is 5.75 Å². The summed E-state index contributed by atoms with van der Waals surface area (Å²) in [6.07, 6.45) is -1.40. The van der Waals surface area contributed by atoms with Gasteiger partial charge in [0.05, 0.1) is 17.6 Å². The van der Waals surface area contributed by atoms with Crippen LogP contribution in [-0.4, -0.2) is 21.3 Å². The Hall–Kier alpha value is -2.42. The van der Waals surface area contributed by atoms with Crippen LogP contribution in [0.4, 0.5) is 22.0 Å². The van der Waals surface area contributed by atoms with Gasteiger partial charge in [0.2, 0.25) is 9.84 Å². The molecule has 0 aromatic heterocycles. The number of ether oxygens (including phenoxy) is 1. The maximum absolute atomic E-state index is 13.5. The van der Waals surface area contributed by atoms with Crippen LogP contribution in [0.3, 0.4) is 0 Å². The zero-order valence-electron chi connectivity index (χ0n) is 16.5. The molecule has 31 heavy (non-hydrogen) atoms. The van der Waals surface area contributed by atoms with Gasteiger partial charge in [-0.05, 0) is 77.6 Å². The van der Waals surface area contributed by atoms with Crippen molar-refractivity contribution in [3.05, 3.63) is 59.2 Å². The first kappa shape index (κ1) is 21.8. The van der Waals surface area contributed by atoms with E-state index >= 15 is 0 Å². The highest BCUT2D eigenvalue weighted by molar-refractivity contribution is 7.91. The summed E-state index contributed by atoms with van der Waals surface area (Å²) in [5, 5.41) is 0. The van der Waals surface area contributed by atoms with Gasteiger partial charge < -0.3 is 4.74 Å². The molecule has 2 aliphatic rings. The lowest BCUT2D eigenvalue weighted by molar-refractivity contribution is -0.138. The molecule has 0 N–H and O–H groups in total. The first-order valence-electron chi connectivity index (χ1n) is 9.57. The summed E-state index contributed by atoms with van der Waals surface area (Å²) in [5.74, 6) is -3.78. The zero-order valence-corrected chi connectivity index (χ0v) is 17.3. The number of halogens is 5. The normalized spacial score (nSPS) is 18.2. The molecule has 0 heterocycles. The Morgan fingerprint density at radius 3 is 1.97 bits per heavy atom. The molecule has 1 saturated carbocycles. The van der Waals surface area contributed by atoms with Crippen molar-refractivity contribution < 1.29 is 35.1 Å². The Balaban J connectivity index is 1.79. The smallest absolute Gasteiger partial charge is 0.419 e. The van der Waals surface area contributed by atoms with Gasteiger partial charge in [0.15, 0.2) is 0 Å². The molecule has 4 rings (SSSR count). The van der Waals surface area contributed by atoms with Crippen molar-refractivity contribution in [2.24, 2.45) is 5.41 Å². The SMILES string of the molecule is COc1ccc(C2=C(c3ccc(S(=O)(=O)C(F)F)cc3)CC3(CC3)C2)cc1C(F)(F)F. The van der Waals surface area contributed by atoms with Crippen molar-refractivity contribution in [2.45, 2.75) is 42.5 Å². The Morgan fingerprint density at radius 1 is 0.935 bits per heavy atom. The highest BCUT2D eigenvalue weighted by Gasteiger charge is 2.48. The molecule has 0 amide bonds. The highest BCUT2D eigenvalue weighted by Crippen LogP contribution is 2.63. The third kappa shape index (κ3) is 3.95. The van der Waals surface area contributed by atoms with Gasteiger partial charge in [0, 0.05) is 0 Å². The maximum Gasteiger partial charge on any atom is 0.419 e. The molecule has 2 aliphatic carbocycles. The molecular formula is C22H19F5O3S. The Bertz CT molecular complexity index is 1140. The van der Waals surface area contributed by atoms with Gasteiger partial charge in [-0.1, -0.05) is 18.2 Å². The minimum atomic E-state index is -4.71. The Morgan fingerprint density at radius 2 is 1.48 bits per heavy atom. The summed E-state index contributed by atoms with van der Waals surface area (Å²) in [6.45, 7) is 0. The highest BCUT2D eigenvalue weighted by atomic mass is 32.2. The fourth-order valence-corrected chi connectivity index (χ4v) is 4.90. The van der Waals surface area contributed by atoms with Crippen molar-refractivity contribution >= 4 is 21.0 Å². The Kier molecular flexibility index (Phi) is 5.15. The number of hydrogen-bond acceptors (Lipinski definition) is 3. The van der Waals surface area contributed by atoms with Crippen molar-refractivity contribution in [1.82, 2.24) is 0 Å². The van der Waals surface area contributed by atoms with E-state index in [0.29, 0.717) is 24.0 Å². The first-order chi connectivity index (χ1) is 14.5. The molecule has 0 unspecified atom stereocenters. The molecule has 0 aliphatic heterocycles.